The average molecular weight is 289 g/mol. The quantitative estimate of drug-likeness (QED) is 0.722. The summed E-state index contributed by atoms with van der Waals surface area (Å²) in [6.07, 6.45) is 1.89. The Morgan fingerprint density at radius 3 is 2.83 bits per heavy atom. The molecule has 4 nitrogen and oxygen atoms in total. The summed E-state index contributed by atoms with van der Waals surface area (Å²) in [5, 5.41) is 12.4. The molecule has 1 aromatic carbocycles. The number of hydrogen-bond donors (Lipinski definition) is 3. The van der Waals surface area contributed by atoms with E-state index in [9.17, 15) is 4.79 Å². The molecule has 100 valence electrons. The number of nitrogens with two attached hydrogens (primary N) is 1. The maximum atomic E-state index is 12.0. The van der Waals surface area contributed by atoms with Crippen molar-refractivity contribution in [2.75, 3.05) is 18.6 Å². The number of aliphatic hydroxyl groups excluding tert-OH is 1. The first-order chi connectivity index (χ1) is 8.49. The van der Waals surface area contributed by atoms with Gasteiger partial charge in [0.2, 0.25) is 0 Å². The van der Waals surface area contributed by atoms with Crippen molar-refractivity contribution in [3.05, 3.63) is 28.8 Å². The van der Waals surface area contributed by atoms with Gasteiger partial charge in [-0.3, -0.25) is 4.79 Å². The van der Waals surface area contributed by atoms with Gasteiger partial charge in [0.1, 0.15) is 0 Å². The molecule has 0 heterocycles. The number of nitrogens with one attached hydrogen (secondary N) is 1. The molecule has 0 fully saturated rings. The third-order valence-electron chi connectivity index (χ3n) is 2.66. The fourth-order valence-corrected chi connectivity index (χ4v) is 2.34. The van der Waals surface area contributed by atoms with E-state index in [2.05, 4.69) is 5.32 Å². The number of carbonyl (C=O) groups is 1. The second-order valence-corrected chi connectivity index (χ2v) is 5.46. The lowest BCUT2D eigenvalue weighted by Crippen LogP contribution is -2.41. The van der Waals surface area contributed by atoms with E-state index in [-0.39, 0.29) is 23.8 Å². The number of benzene rings is 1. The van der Waals surface area contributed by atoms with E-state index < -0.39 is 0 Å². The molecule has 0 saturated carbocycles. The van der Waals surface area contributed by atoms with Gasteiger partial charge in [-0.25, -0.2) is 0 Å². The molecule has 18 heavy (non-hydrogen) atoms. The van der Waals surface area contributed by atoms with Crippen molar-refractivity contribution in [3.8, 4) is 0 Å². The monoisotopic (exact) mass is 288 g/mol. The first-order valence-corrected chi connectivity index (χ1v) is 7.15. The second kappa shape index (κ2) is 6.87. The molecule has 1 rings (SSSR count). The van der Waals surface area contributed by atoms with Crippen LogP contribution < -0.4 is 11.1 Å². The van der Waals surface area contributed by atoms with Gasteiger partial charge >= 0.3 is 0 Å². The van der Waals surface area contributed by atoms with E-state index in [4.69, 9.17) is 22.4 Å². The smallest absolute Gasteiger partial charge is 0.253 e. The maximum Gasteiger partial charge on any atom is 0.253 e. The third-order valence-corrected chi connectivity index (χ3v) is 4.06. The molecular weight excluding hydrogens is 272 g/mol. The molecule has 0 aliphatic heterocycles. The van der Waals surface area contributed by atoms with Crippen LogP contribution in [-0.4, -0.2) is 35.2 Å². The Morgan fingerprint density at radius 1 is 1.61 bits per heavy atom. The van der Waals surface area contributed by atoms with Crippen molar-refractivity contribution in [2.45, 2.75) is 18.2 Å². The first kappa shape index (κ1) is 15.1. The highest BCUT2D eigenvalue weighted by Crippen LogP contribution is 2.18. The van der Waals surface area contributed by atoms with Gasteiger partial charge in [0.25, 0.3) is 5.91 Å². The summed E-state index contributed by atoms with van der Waals surface area (Å²) in [6, 6.07) is 4.61. The highest BCUT2D eigenvalue weighted by Gasteiger charge is 2.19. The SMILES string of the molecule is CSC(CO)C(C)NC(=O)c1cc(Cl)ccc1N. The minimum atomic E-state index is -0.282. The van der Waals surface area contributed by atoms with Crippen LogP contribution in [0.2, 0.25) is 5.02 Å². The molecule has 0 aliphatic carbocycles. The Hall–Kier alpha value is -0.910. The molecule has 1 amide bonds. The van der Waals surface area contributed by atoms with Gasteiger partial charge in [-0.05, 0) is 31.4 Å². The molecule has 1 aromatic rings. The number of amides is 1. The third kappa shape index (κ3) is 3.80. The predicted molar refractivity (Wildman–Crippen MR) is 77.2 cm³/mol. The van der Waals surface area contributed by atoms with Gasteiger partial charge in [0.05, 0.1) is 12.2 Å². The van der Waals surface area contributed by atoms with Gasteiger partial charge in [-0.2, -0.15) is 11.8 Å². The van der Waals surface area contributed by atoms with Crippen molar-refractivity contribution in [1.82, 2.24) is 5.32 Å². The van der Waals surface area contributed by atoms with Gasteiger partial charge in [-0.15, -0.1) is 0 Å². The molecule has 0 aliphatic rings. The summed E-state index contributed by atoms with van der Waals surface area (Å²) in [6.45, 7) is 1.85. The van der Waals surface area contributed by atoms with Crippen LogP contribution >= 0.6 is 23.4 Å². The molecular formula is C12H17ClN2O2S. The van der Waals surface area contributed by atoms with Crippen molar-refractivity contribution < 1.29 is 9.90 Å². The molecule has 0 saturated heterocycles. The van der Waals surface area contributed by atoms with Crippen molar-refractivity contribution in [1.29, 1.82) is 0 Å². The van der Waals surface area contributed by atoms with Crippen molar-refractivity contribution >= 4 is 35.0 Å². The van der Waals surface area contributed by atoms with Crippen LogP contribution in [0.25, 0.3) is 0 Å². The zero-order valence-corrected chi connectivity index (χ0v) is 11.9. The number of rotatable bonds is 5. The Kier molecular flexibility index (Phi) is 5.78. The lowest BCUT2D eigenvalue weighted by molar-refractivity contribution is 0.0937. The van der Waals surface area contributed by atoms with Gasteiger partial charge < -0.3 is 16.2 Å². The summed E-state index contributed by atoms with van der Waals surface area (Å²) in [7, 11) is 0. The Morgan fingerprint density at radius 2 is 2.28 bits per heavy atom. The molecule has 0 aromatic heterocycles. The fraction of sp³-hybridized carbons (Fsp3) is 0.417. The minimum Gasteiger partial charge on any atom is -0.398 e. The number of nitrogen functional groups attached to an aromatic ring is 1. The summed E-state index contributed by atoms with van der Waals surface area (Å²) < 4.78 is 0. The minimum absolute atomic E-state index is 0.00758. The molecule has 4 N–H and O–H groups in total. The average Bonchev–Trinajstić information content (AvgIpc) is 2.33. The standard InChI is InChI=1S/C12H17ClN2O2S/c1-7(11(6-16)18-2)15-12(17)9-5-8(13)3-4-10(9)14/h3-5,7,11,16H,6,14H2,1-2H3,(H,15,17). The second-order valence-electron chi connectivity index (χ2n) is 3.95. The fourth-order valence-electron chi connectivity index (χ4n) is 1.54. The number of carbonyl (C=O) groups excluding carboxylic acids is 1. The zero-order valence-electron chi connectivity index (χ0n) is 10.3. The Labute approximate surface area is 116 Å². The molecule has 0 radical (unpaired) electrons. The molecule has 0 spiro atoms. The van der Waals surface area contributed by atoms with E-state index in [1.165, 1.54) is 17.8 Å². The first-order valence-electron chi connectivity index (χ1n) is 5.49. The zero-order chi connectivity index (χ0) is 13.7. The van der Waals surface area contributed by atoms with E-state index in [0.29, 0.717) is 16.3 Å². The van der Waals surface area contributed by atoms with Crippen molar-refractivity contribution in [2.24, 2.45) is 0 Å². The predicted octanol–water partition coefficient (Wildman–Crippen LogP) is 1.76. The van der Waals surface area contributed by atoms with Gasteiger partial charge in [0, 0.05) is 22.0 Å². The van der Waals surface area contributed by atoms with E-state index in [0.717, 1.165) is 0 Å². The number of aliphatic hydroxyl groups is 1. The number of anilines is 1. The number of hydrogen-bond acceptors (Lipinski definition) is 4. The topological polar surface area (TPSA) is 75.3 Å². The van der Waals surface area contributed by atoms with Crippen LogP contribution in [0.15, 0.2) is 18.2 Å². The van der Waals surface area contributed by atoms with Crippen molar-refractivity contribution in [3.63, 3.8) is 0 Å². The Balaban J connectivity index is 2.79. The highest BCUT2D eigenvalue weighted by atomic mass is 35.5. The lowest BCUT2D eigenvalue weighted by Gasteiger charge is -2.21. The van der Waals surface area contributed by atoms with Crippen LogP contribution in [0.5, 0.6) is 0 Å². The van der Waals surface area contributed by atoms with Crippen LogP contribution in [-0.2, 0) is 0 Å². The van der Waals surface area contributed by atoms with E-state index in [1.807, 2.05) is 13.2 Å². The Bertz CT molecular complexity index is 425. The summed E-state index contributed by atoms with van der Waals surface area (Å²) in [5.41, 5.74) is 6.47. The largest absolute Gasteiger partial charge is 0.398 e. The van der Waals surface area contributed by atoms with E-state index in [1.54, 1.807) is 12.1 Å². The number of thioether (sulfide) groups is 1. The van der Waals surface area contributed by atoms with E-state index >= 15 is 0 Å². The molecule has 2 unspecified atom stereocenters. The van der Waals surface area contributed by atoms with Crippen LogP contribution in [0, 0.1) is 0 Å². The highest BCUT2D eigenvalue weighted by molar-refractivity contribution is 7.99. The van der Waals surface area contributed by atoms with Crippen LogP contribution in [0.3, 0.4) is 0 Å². The lowest BCUT2D eigenvalue weighted by atomic mass is 10.1. The maximum absolute atomic E-state index is 12.0. The van der Waals surface area contributed by atoms with Gasteiger partial charge in [-0.1, -0.05) is 11.6 Å². The molecule has 6 heteroatoms. The summed E-state index contributed by atoms with van der Waals surface area (Å²) >= 11 is 7.34. The summed E-state index contributed by atoms with van der Waals surface area (Å²) in [5.74, 6) is -0.282. The summed E-state index contributed by atoms with van der Waals surface area (Å²) in [4.78, 5) is 12.0. The molecule has 2 atom stereocenters. The van der Waals surface area contributed by atoms with Crippen LogP contribution in [0.1, 0.15) is 17.3 Å². The van der Waals surface area contributed by atoms with Crippen LogP contribution in [0.4, 0.5) is 5.69 Å². The van der Waals surface area contributed by atoms with Gasteiger partial charge in [0.15, 0.2) is 0 Å². The molecule has 0 bridgehead atoms. The normalized spacial score (nSPS) is 14.0. The number of halogens is 1.